The lowest BCUT2D eigenvalue weighted by atomic mass is 9.94. The van der Waals surface area contributed by atoms with Crippen LogP contribution in [0.5, 0.6) is 0 Å². The number of ether oxygens (including phenoxy) is 1. The fourth-order valence-corrected chi connectivity index (χ4v) is 2.76. The maximum Gasteiger partial charge on any atom is 0.257 e. The van der Waals surface area contributed by atoms with Crippen molar-refractivity contribution in [2.24, 2.45) is 0 Å². The highest BCUT2D eigenvalue weighted by Crippen LogP contribution is 2.24. The van der Waals surface area contributed by atoms with Crippen molar-refractivity contribution in [3.05, 3.63) is 22.3 Å². The summed E-state index contributed by atoms with van der Waals surface area (Å²) in [5.41, 5.74) is -0.396. The molecule has 0 atom stereocenters. The molecule has 21 heavy (non-hydrogen) atoms. The third kappa shape index (κ3) is 3.93. The molecule has 0 spiro atoms. The average Bonchev–Trinajstić information content (AvgIpc) is 2.46. The molecular weight excluding hydrogens is 338 g/mol. The Morgan fingerprint density at radius 3 is 2.86 bits per heavy atom. The van der Waals surface area contributed by atoms with Gasteiger partial charge < -0.3 is 20.1 Å². The molecule has 6 nitrogen and oxygen atoms in total. The maximum atomic E-state index is 12.6. The highest BCUT2D eigenvalue weighted by atomic mass is 79.9. The molecule has 2 rings (SSSR count). The molecule has 1 aromatic rings. The number of anilines is 1. The molecule has 0 radical (unpaired) electrons. The van der Waals surface area contributed by atoms with Crippen LogP contribution in [0.25, 0.3) is 0 Å². The number of halogens is 1. The third-order valence-electron chi connectivity index (χ3n) is 3.62. The van der Waals surface area contributed by atoms with E-state index in [0.717, 1.165) is 4.47 Å². The number of likely N-dealkylation sites (N-methyl/N-ethyl adjacent to an activating group) is 1. The van der Waals surface area contributed by atoms with E-state index in [1.807, 2.05) is 0 Å². The summed E-state index contributed by atoms with van der Waals surface area (Å²) in [6, 6.07) is 1.73. The van der Waals surface area contributed by atoms with Crippen LogP contribution >= 0.6 is 15.9 Å². The van der Waals surface area contributed by atoms with Crippen molar-refractivity contribution in [2.45, 2.75) is 18.4 Å². The van der Waals surface area contributed by atoms with Crippen LogP contribution in [0, 0.1) is 0 Å². The first kappa shape index (κ1) is 16.2. The van der Waals surface area contributed by atoms with E-state index >= 15 is 0 Å². The van der Waals surface area contributed by atoms with Gasteiger partial charge in [0.2, 0.25) is 0 Å². The van der Waals surface area contributed by atoms with Gasteiger partial charge in [0.05, 0.1) is 11.2 Å². The Bertz CT molecular complexity index is 518. The first-order valence-corrected chi connectivity index (χ1v) is 7.63. The normalized spacial score (nSPS) is 17.3. The highest BCUT2D eigenvalue weighted by molar-refractivity contribution is 9.10. The predicted molar refractivity (Wildman–Crippen MR) is 83.4 cm³/mol. The summed E-state index contributed by atoms with van der Waals surface area (Å²) >= 11 is 3.33. The Morgan fingerprint density at radius 2 is 2.24 bits per heavy atom. The van der Waals surface area contributed by atoms with Crippen LogP contribution in [0.15, 0.2) is 16.7 Å². The highest BCUT2D eigenvalue weighted by Gasteiger charge is 2.33. The molecule has 7 heteroatoms. The van der Waals surface area contributed by atoms with Crippen LogP contribution in [-0.2, 0) is 4.74 Å². The van der Waals surface area contributed by atoms with Crippen LogP contribution in [0.2, 0.25) is 0 Å². The van der Waals surface area contributed by atoms with Crippen molar-refractivity contribution in [1.82, 2.24) is 9.88 Å². The van der Waals surface area contributed by atoms with Crippen LogP contribution in [0.3, 0.4) is 0 Å². The molecule has 1 saturated heterocycles. The summed E-state index contributed by atoms with van der Waals surface area (Å²) in [5, 5.41) is 13.4. The van der Waals surface area contributed by atoms with Gasteiger partial charge in [0, 0.05) is 57.4 Å². The average molecular weight is 358 g/mol. The SMILES string of the molecule is CNc1ncc(Br)cc1C(=O)N(C)CC1(O)CCOCC1. The number of rotatable bonds is 4. The van der Waals surface area contributed by atoms with Gasteiger partial charge in [-0.25, -0.2) is 4.98 Å². The second-order valence-electron chi connectivity index (χ2n) is 5.30. The second-order valence-corrected chi connectivity index (χ2v) is 6.21. The Labute approximate surface area is 132 Å². The zero-order valence-corrected chi connectivity index (χ0v) is 13.8. The molecule has 0 aliphatic carbocycles. The number of hydrogen-bond acceptors (Lipinski definition) is 5. The van der Waals surface area contributed by atoms with E-state index in [9.17, 15) is 9.90 Å². The number of aromatic nitrogens is 1. The summed E-state index contributed by atoms with van der Waals surface area (Å²) < 4.78 is 5.99. The lowest BCUT2D eigenvalue weighted by molar-refractivity contribution is -0.0734. The van der Waals surface area contributed by atoms with Gasteiger partial charge in [0.1, 0.15) is 5.82 Å². The van der Waals surface area contributed by atoms with Gasteiger partial charge >= 0.3 is 0 Å². The van der Waals surface area contributed by atoms with Gasteiger partial charge in [-0.15, -0.1) is 0 Å². The molecule has 1 fully saturated rings. The standard InChI is InChI=1S/C14H20BrN3O3/c1-16-12-11(7-10(15)8-17-12)13(19)18(2)9-14(20)3-5-21-6-4-14/h7-8,20H,3-6,9H2,1-2H3,(H,16,17). The Balaban J connectivity index is 2.13. The quantitative estimate of drug-likeness (QED) is 0.853. The molecule has 2 N–H and O–H groups in total. The third-order valence-corrected chi connectivity index (χ3v) is 4.06. The molecule has 1 aliphatic rings. The Kier molecular flexibility index (Phi) is 5.18. The van der Waals surface area contributed by atoms with Crippen molar-refractivity contribution < 1.29 is 14.6 Å². The number of aliphatic hydroxyl groups is 1. The van der Waals surface area contributed by atoms with E-state index in [4.69, 9.17) is 4.74 Å². The molecule has 1 aliphatic heterocycles. The number of carbonyl (C=O) groups is 1. The molecule has 2 heterocycles. The molecule has 1 amide bonds. The lowest BCUT2D eigenvalue weighted by Gasteiger charge is -2.35. The minimum atomic E-state index is -0.873. The summed E-state index contributed by atoms with van der Waals surface area (Å²) in [6.07, 6.45) is 2.72. The number of pyridine rings is 1. The number of nitrogens with zero attached hydrogens (tertiary/aromatic N) is 2. The van der Waals surface area contributed by atoms with Gasteiger partial charge in [0.25, 0.3) is 5.91 Å². The van der Waals surface area contributed by atoms with Gasteiger partial charge in [-0.3, -0.25) is 4.79 Å². The van der Waals surface area contributed by atoms with Crippen molar-refractivity contribution in [3.63, 3.8) is 0 Å². The Morgan fingerprint density at radius 1 is 1.57 bits per heavy atom. The summed E-state index contributed by atoms with van der Waals surface area (Å²) in [6.45, 7) is 1.34. The van der Waals surface area contributed by atoms with Gasteiger partial charge in [-0.2, -0.15) is 0 Å². The molecule has 0 aromatic carbocycles. The molecule has 0 unspecified atom stereocenters. The molecule has 1 aromatic heterocycles. The van der Waals surface area contributed by atoms with E-state index in [-0.39, 0.29) is 12.5 Å². The largest absolute Gasteiger partial charge is 0.388 e. The van der Waals surface area contributed by atoms with E-state index in [0.29, 0.717) is 37.4 Å². The van der Waals surface area contributed by atoms with Crippen molar-refractivity contribution >= 4 is 27.7 Å². The molecule has 116 valence electrons. The number of amides is 1. The van der Waals surface area contributed by atoms with E-state index in [1.54, 1.807) is 26.4 Å². The smallest absolute Gasteiger partial charge is 0.257 e. The van der Waals surface area contributed by atoms with Gasteiger partial charge in [-0.1, -0.05) is 0 Å². The minimum absolute atomic E-state index is 0.173. The van der Waals surface area contributed by atoms with Gasteiger partial charge in [-0.05, 0) is 22.0 Å². The molecule has 0 bridgehead atoms. The predicted octanol–water partition coefficient (Wildman–Crippen LogP) is 1.50. The second kappa shape index (κ2) is 6.72. The summed E-state index contributed by atoms with van der Waals surface area (Å²) in [4.78, 5) is 18.3. The van der Waals surface area contributed by atoms with Crippen molar-refractivity contribution in [2.75, 3.05) is 39.2 Å². The Hall–Kier alpha value is -1.18. The van der Waals surface area contributed by atoms with Crippen LogP contribution < -0.4 is 5.32 Å². The van der Waals surface area contributed by atoms with Crippen LogP contribution in [0.1, 0.15) is 23.2 Å². The fourth-order valence-electron chi connectivity index (χ4n) is 2.43. The maximum absolute atomic E-state index is 12.6. The fraction of sp³-hybridized carbons (Fsp3) is 0.571. The topological polar surface area (TPSA) is 74.7 Å². The van der Waals surface area contributed by atoms with E-state index in [2.05, 4.69) is 26.2 Å². The van der Waals surface area contributed by atoms with Crippen molar-refractivity contribution in [3.8, 4) is 0 Å². The first-order chi connectivity index (χ1) is 9.95. The van der Waals surface area contributed by atoms with Crippen LogP contribution in [0.4, 0.5) is 5.82 Å². The molecule has 0 saturated carbocycles. The monoisotopic (exact) mass is 357 g/mol. The minimum Gasteiger partial charge on any atom is -0.388 e. The zero-order valence-electron chi connectivity index (χ0n) is 12.2. The zero-order chi connectivity index (χ0) is 15.5. The summed E-state index contributed by atoms with van der Waals surface area (Å²) in [7, 11) is 3.41. The number of hydrogen-bond donors (Lipinski definition) is 2. The number of carbonyl (C=O) groups excluding carboxylic acids is 1. The number of nitrogens with one attached hydrogen (secondary N) is 1. The summed E-state index contributed by atoms with van der Waals surface area (Å²) in [5.74, 6) is 0.349. The van der Waals surface area contributed by atoms with E-state index < -0.39 is 5.60 Å². The van der Waals surface area contributed by atoms with E-state index in [1.165, 1.54) is 4.90 Å². The lowest BCUT2D eigenvalue weighted by Crippen LogP contribution is -2.47. The van der Waals surface area contributed by atoms with Crippen molar-refractivity contribution in [1.29, 1.82) is 0 Å². The van der Waals surface area contributed by atoms with Gasteiger partial charge in [0.15, 0.2) is 0 Å². The first-order valence-electron chi connectivity index (χ1n) is 6.84. The molecular formula is C14H20BrN3O3. The van der Waals surface area contributed by atoms with Crippen LogP contribution in [-0.4, -0.2) is 60.4 Å².